The third-order valence-corrected chi connectivity index (χ3v) is 5.08. The average Bonchev–Trinajstić information content (AvgIpc) is 3.50. The second kappa shape index (κ2) is 10.6. The number of pyridine rings is 1. The molecular weight excluding hydrogens is 523 g/mol. The van der Waals surface area contributed by atoms with E-state index in [0.29, 0.717) is 0 Å². The maximum atomic E-state index is 14.8. The Morgan fingerprint density at radius 2 is 1.89 bits per heavy atom. The van der Waals surface area contributed by atoms with E-state index in [1.165, 1.54) is 42.5 Å². The molecule has 3 aromatic heterocycles. The summed E-state index contributed by atoms with van der Waals surface area (Å²) in [7, 11) is 1.34. The fourth-order valence-electron chi connectivity index (χ4n) is 3.03. The van der Waals surface area contributed by atoms with E-state index in [1.54, 1.807) is 0 Å². The van der Waals surface area contributed by atoms with Crippen LogP contribution in [0.2, 0.25) is 10.0 Å². The molecule has 0 fully saturated rings. The molecule has 0 radical (unpaired) electrons. The number of carbonyl (C=O) groups excluding carboxylic acids is 2. The van der Waals surface area contributed by atoms with Crippen molar-refractivity contribution in [3.8, 4) is 22.7 Å². The number of amides is 3. The van der Waals surface area contributed by atoms with Crippen LogP contribution in [0, 0.1) is 11.6 Å². The molecule has 0 spiro atoms. The Morgan fingerprint density at radius 1 is 1.08 bits per heavy atom. The summed E-state index contributed by atoms with van der Waals surface area (Å²) in [5, 5.41) is 10.1. The van der Waals surface area contributed by atoms with Crippen molar-refractivity contribution in [1.82, 2.24) is 36.1 Å². The van der Waals surface area contributed by atoms with Crippen LogP contribution in [0.5, 0.6) is 5.88 Å². The van der Waals surface area contributed by atoms with E-state index in [9.17, 15) is 18.4 Å². The molecular formula is C21H15Cl2F2N7O4. The lowest BCUT2D eigenvalue weighted by molar-refractivity contribution is 0.0898. The van der Waals surface area contributed by atoms with Gasteiger partial charge in [0.25, 0.3) is 5.88 Å². The molecule has 0 saturated carbocycles. The maximum absolute atomic E-state index is 14.8. The molecule has 3 heterocycles. The summed E-state index contributed by atoms with van der Waals surface area (Å²) >= 11 is 11.9. The third kappa shape index (κ3) is 5.53. The Morgan fingerprint density at radius 3 is 2.56 bits per heavy atom. The summed E-state index contributed by atoms with van der Waals surface area (Å²) in [6.07, 6.45) is 4.00. The van der Waals surface area contributed by atoms with Gasteiger partial charge in [-0.15, -0.1) is 0 Å². The van der Waals surface area contributed by atoms with Crippen LogP contribution in [0.4, 0.5) is 13.6 Å². The molecule has 3 amide bonds. The lowest BCUT2D eigenvalue weighted by atomic mass is 10.0. The monoisotopic (exact) mass is 537 g/mol. The standard InChI is InChI=1S/C21H15Cl2F2N7O4/c1-35-18-5-17(36-31-18)20(33)29-30-21(34)27-8-16-14(24)2-10(6-26-16)13-3-11(22)4-15(25)19(13)32-9-12(23)7-28-32/h2-7,9H,8H2,1H3,(H,29,33)(H2,27,30,34). The zero-order valence-electron chi connectivity index (χ0n) is 18.2. The fraction of sp³-hybridized carbons (Fsp3) is 0.0952. The minimum atomic E-state index is -0.852. The summed E-state index contributed by atoms with van der Waals surface area (Å²) in [5.74, 6) is -2.40. The maximum Gasteiger partial charge on any atom is 0.333 e. The van der Waals surface area contributed by atoms with Crippen LogP contribution in [-0.2, 0) is 6.54 Å². The van der Waals surface area contributed by atoms with Crippen molar-refractivity contribution in [2.75, 3.05) is 7.11 Å². The number of urea groups is 1. The zero-order valence-corrected chi connectivity index (χ0v) is 19.7. The summed E-state index contributed by atoms with van der Waals surface area (Å²) in [4.78, 5) is 27.9. The van der Waals surface area contributed by atoms with Gasteiger partial charge in [0.15, 0.2) is 5.82 Å². The number of hydrogen-bond donors (Lipinski definition) is 3. The average molecular weight is 538 g/mol. The quantitative estimate of drug-likeness (QED) is 0.319. The second-order valence-corrected chi connectivity index (χ2v) is 7.91. The molecule has 11 nitrogen and oxygen atoms in total. The van der Waals surface area contributed by atoms with Gasteiger partial charge in [0.1, 0.15) is 11.5 Å². The Hall–Kier alpha value is -4.23. The largest absolute Gasteiger partial charge is 0.479 e. The number of aromatic nitrogens is 4. The Labute approximate surface area is 211 Å². The third-order valence-electron chi connectivity index (χ3n) is 4.66. The minimum absolute atomic E-state index is 0.00197. The van der Waals surface area contributed by atoms with Crippen molar-refractivity contribution < 1.29 is 27.6 Å². The van der Waals surface area contributed by atoms with Crippen molar-refractivity contribution in [2.24, 2.45) is 0 Å². The molecule has 0 saturated heterocycles. The number of benzene rings is 1. The number of rotatable bonds is 6. The van der Waals surface area contributed by atoms with Gasteiger partial charge in [-0.05, 0) is 23.4 Å². The summed E-state index contributed by atoms with van der Waals surface area (Å²) in [6.45, 7) is -0.324. The normalized spacial score (nSPS) is 10.7. The Balaban J connectivity index is 1.44. The molecule has 0 bridgehead atoms. The summed E-state index contributed by atoms with van der Waals surface area (Å²) < 4.78 is 40.2. The Kier molecular flexibility index (Phi) is 7.31. The first kappa shape index (κ1) is 24.9. The van der Waals surface area contributed by atoms with E-state index in [-0.39, 0.29) is 50.7 Å². The van der Waals surface area contributed by atoms with Gasteiger partial charge in [-0.3, -0.25) is 15.2 Å². The highest BCUT2D eigenvalue weighted by molar-refractivity contribution is 6.31. The van der Waals surface area contributed by atoms with E-state index in [0.717, 1.165) is 12.1 Å². The summed E-state index contributed by atoms with van der Waals surface area (Å²) in [5.41, 5.74) is 4.46. The SMILES string of the molecule is COc1cc(C(=O)NNC(=O)NCc2ncc(-c3cc(Cl)cc(F)c3-n3cc(Cl)cn3)cc2F)on1. The van der Waals surface area contributed by atoms with E-state index in [2.05, 4.69) is 31.4 Å². The number of nitrogens with zero attached hydrogens (tertiary/aromatic N) is 4. The molecule has 186 valence electrons. The summed E-state index contributed by atoms with van der Waals surface area (Å²) in [6, 6.07) is 4.00. The number of hydrazine groups is 1. The topological polar surface area (TPSA) is 136 Å². The lowest BCUT2D eigenvalue weighted by Crippen LogP contribution is -2.46. The van der Waals surface area contributed by atoms with Gasteiger partial charge in [-0.2, -0.15) is 5.10 Å². The highest BCUT2D eigenvalue weighted by Gasteiger charge is 2.18. The molecule has 15 heteroatoms. The van der Waals surface area contributed by atoms with E-state index < -0.39 is 23.6 Å². The number of nitrogens with one attached hydrogen (secondary N) is 3. The molecule has 36 heavy (non-hydrogen) atoms. The highest BCUT2D eigenvalue weighted by Crippen LogP contribution is 2.32. The smallest absolute Gasteiger partial charge is 0.333 e. The zero-order chi connectivity index (χ0) is 25.8. The van der Waals surface area contributed by atoms with Crippen molar-refractivity contribution in [3.05, 3.63) is 76.0 Å². The second-order valence-electron chi connectivity index (χ2n) is 7.03. The molecule has 0 aliphatic carbocycles. The van der Waals surface area contributed by atoms with Crippen molar-refractivity contribution in [2.45, 2.75) is 6.54 Å². The van der Waals surface area contributed by atoms with Gasteiger partial charge in [0.05, 0.1) is 36.6 Å². The van der Waals surface area contributed by atoms with E-state index >= 15 is 0 Å². The highest BCUT2D eigenvalue weighted by atomic mass is 35.5. The number of methoxy groups -OCH3 is 1. The van der Waals surface area contributed by atoms with Crippen molar-refractivity contribution in [1.29, 1.82) is 0 Å². The molecule has 0 aliphatic rings. The first-order valence-corrected chi connectivity index (χ1v) is 10.7. The van der Waals surface area contributed by atoms with Crippen LogP contribution in [0.25, 0.3) is 16.8 Å². The number of carbonyl (C=O) groups is 2. The molecule has 1 aromatic carbocycles. The van der Waals surface area contributed by atoms with Gasteiger partial charge in [-0.1, -0.05) is 23.2 Å². The first-order valence-electron chi connectivity index (χ1n) is 9.94. The van der Waals surface area contributed by atoms with Crippen LogP contribution < -0.4 is 20.9 Å². The molecule has 4 aromatic rings. The number of ether oxygens (including phenoxy) is 1. The van der Waals surface area contributed by atoms with Gasteiger partial charge >= 0.3 is 11.9 Å². The van der Waals surface area contributed by atoms with E-state index in [1.807, 2.05) is 0 Å². The fourth-order valence-corrected chi connectivity index (χ4v) is 3.37. The van der Waals surface area contributed by atoms with Gasteiger partial charge in [-0.25, -0.2) is 23.7 Å². The van der Waals surface area contributed by atoms with Crippen LogP contribution in [0.1, 0.15) is 16.2 Å². The van der Waals surface area contributed by atoms with Crippen molar-refractivity contribution >= 4 is 35.1 Å². The predicted octanol–water partition coefficient (Wildman–Crippen LogP) is 3.66. The van der Waals surface area contributed by atoms with Crippen LogP contribution in [0.3, 0.4) is 0 Å². The van der Waals surface area contributed by atoms with Gasteiger partial charge < -0.3 is 14.6 Å². The van der Waals surface area contributed by atoms with E-state index in [4.69, 9.17) is 32.5 Å². The van der Waals surface area contributed by atoms with Crippen LogP contribution in [-0.4, -0.2) is 39.0 Å². The number of halogens is 4. The van der Waals surface area contributed by atoms with Crippen molar-refractivity contribution in [3.63, 3.8) is 0 Å². The molecule has 0 atom stereocenters. The first-order chi connectivity index (χ1) is 17.2. The molecule has 0 unspecified atom stereocenters. The molecule has 3 N–H and O–H groups in total. The minimum Gasteiger partial charge on any atom is -0.479 e. The number of hydrogen-bond acceptors (Lipinski definition) is 7. The lowest BCUT2D eigenvalue weighted by Gasteiger charge is -2.13. The predicted molar refractivity (Wildman–Crippen MR) is 123 cm³/mol. The van der Waals surface area contributed by atoms with Crippen LogP contribution in [0.15, 0.2) is 47.4 Å². The van der Waals surface area contributed by atoms with Gasteiger partial charge in [0, 0.05) is 28.5 Å². The molecule has 4 rings (SSSR count). The van der Waals surface area contributed by atoms with Gasteiger partial charge in [0.2, 0.25) is 5.76 Å². The van der Waals surface area contributed by atoms with Crippen LogP contribution >= 0.6 is 23.2 Å². The Bertz CT molecular complexity index is 1440. The molecule has 0 aliphatic heterocycles.